The fourth-order valence-corrected chi connectivity index (χ4v) is 2.61. The number of ether oxygens (including phenoxy) is 1. The molecule has 24 heavy (non-hydrogen) atoms. The molecule has 0 radical (unpaired) electrons. The Hall–Kier alpha value is -1.77. The lowest BCUT2D eigenvalue weighted by molar-refractivity contribution is -0.908. The molecule has 2 rings (SSSR count). The minimum Gasteiger partial charge on any atom is -0.370 e. The maximum atomic E-state index is 12.8. The molecule has 0 spiro atoms. The van der Waals surface area contributed by atoms with E-state index in [1.807, 2.05) is 0 Å². The number of rotatable bonds is 6. The van der Waals surface area contributed by atoms with Crippen molar-refractivity contribution in [1.82, 2.24) is 16.2 Å². The SMILES string of the molecule is O=C(Cc1ccc(F)cc1)NNC(=S)NCCC[NH+]1CCOCC1. The number of benzene rings is 1. The topological polar surface area (TPSA) is 66.8 Å². The van der Waals surface area contributed by atoms with Crippen LogP contribution in [-0.2, 0) is 16.0 Å². The normalized spacial score (nSPS) is 14.9. The van der Waals surface area contributed by atoms with Gasteiger partial charge in [0.2, 0.25) is 5.91 Å². The van der Waals surface area contributed by atoms with E-state index in [9.17, 15) is 9.18 Å². The lowest BCUT2D eigenvalue weighted by atomic mass is 10.1. The molecule has 1 aliphatic heterocycles. The highest BCUT2D eigenvalue weighted by Gasteiger charge is 2.12. The third-order valence-corrected chi connectivity index (χ3v) is 4.03. The zero-order valence-corrected chi connectivity index (χ0v) is 14.4. The van der Waals surface area contributed by atoms with Crippen molar-refractivity contribution in [3.05, 3.63) is 35.6 Å². The molecule has 1 heterocycles. The van der Waals surface area contributed by atoms with Gasteiger partial charge in [-0.3, -0.25) is 15.6 Å². The highest BCUT2D eigenvalue weighted by molar-refractivity contribution is 7.80. The molecule has 8 heteroatoms. The summed E-state index contributed by atoms with van der Waals surface area (Å²) in [6, 6.07) is 5.83. The molecule has 0 saturated carbocycles. The van der Waals surface area contributed by atoms with Crippen molar-refractivity contribution in [3.8, 4) is 0 Å². The summed E-state index contributed by atoms with van der Waals surface area (Å²) in [6.45, 7) is 5.62. The third kappa shape index (κ3) is 7.20. The second-order valence-electron chi connectivity index (χ2n) is 5.70. The Labute approximate surface area is 146 Å². The van der Waals surface area contributed by atoms with Gasteiger partial charge < -0.3 is 15.0 Å². The van der Waals surface area contributed by atoms with Gasteiger partial charge in [0.15, 0.2) is 5.11 Å². The van der Waals surface area contributed by atoms with Gasteiger partial charge in [-0.05, 0) is 29.9 Å². The summed E-state index contributed by atoms with van der Waals surface area (Å²) in [5.41, 5.74) is 5.94. The molecule has 0 aromatic heterocycles. The van der Waals surface area contributed by atoms with Crippen molar-refractivity contribution in [2.45, 2.75) is 12.8 Å². The van der Waals surface area contributed by atoms with E-state index in [0.717, 1.165) is 51.4 Å². The van der Waals surface area contributed by atoms with Crippen LogP contribution in [0.1, 0.15) is 12.0 Å². The Balaban J connectivity index is 1.53. The van der Waals surface area contributed by atoms with Gasteiger partial charge in [-0.1, -0.05) is 12.1 Å². The summed E-state index contributed by atoms with van der Waals surface area (Å²) in [5.74, 6) is -0.551. The number of quaternary nitrogens is 1. The third-order valence-electron chi connectivity index (χ3n) is 3.79. The van der Waals surface area contributed by atoms with Crippen LogP contribution in [0.25, 0.3) is 0 Å². The number of hydrogen-bond donors (Lipinski definition) is 4. The summed E-state index contributed by atoms with van der Waals surface area (Å²) in [6.07, 6.45) is 1.16. The zero-order valence-electron chi connectivity index (χ0n) is 13.6. The van der Waals surface area contributed by atoms with Crippen LogP contribution in [0.5, 0.6) is 0 Å². The monoisotopic (exact) mass is 355 g/mol. The number of thiocarbonyl (C=S) groups is 1. The van der Waals surface area contributed by atoms with Crippen LogP contribution in [0.15, 0.2) is 24.3 Å². The van der Waals surface area contributed by atoms with E-state index in [1.165, 1.54) is 12.1 Å². The van der Waals surface area contributed by atoms with Crippen LogP contribution in [0.3, 0.4) is 0 Å². The number of carbonyl (C=O) groups is 1. The molecule has 1 fully saturated rings. The fourth-order valence-electron chi connectivity index (χ4n) is 2.45. The molecule has 1 amide bonds. The number of hydrazine groups is 1. The quantitative estimate of drug-likeness (QED) is 0.305. The highest BCUT2D eigenvalue weighted by atomic mass is 32.1. The van der Waals surface area contributed by atoms with E-state index >= 15 is 0 Å². The zero-order chi connectivity index (χ0) is 17.2. The maximum absolute atomic E-state index is 12.8. The molecule has 0 bridgehead atoms. The minimum atomic E-state index is -0.318. The van der Waals surface area contributed by atoms with Gasteiger partial charge in [0.1, 0.15) is 18.9 Å². The van der Waals surface area contributed by atoms with Gasteiger partial charge in [-0.25, -0.2) is 4.39 Å². The van der Waals surface area contributed by atoms with E-state index in [-0.39, 0.29) is 18.1 Å². The maximum Gasteiger partial charge on any atom is 0.242 e. The Bertz CT molecular complexity index is 535. The molecule has 1 aromatic rings. The second kappa shape index (κ2) is 10.2. The molecular formula is C16H24FN4O2S+. The molecule has 0 atom stereocenters. The molecule has 4 N–H and O–H groups in total. The van der Waals surface area contributed by atoms with Crippen molar-refractivity contribution < 1.29 is 18.8 Å². The van der Waals surface area contributed by atoms with E-state index in [2.05, 4.69) is 16.2 Å². The van der Waals surface area contributed by atoms with Crippen LogP contribution in [-0.4, -0.2) is 50.4 Å². The average molecular weight is 355 g/mol. The molecule has 0 aliphatic carbocycles. The van der Waals surface area contributed by atoms with Crippen LogP contribution >= 0.6 is 12.2 Å². The smallest absolute Gasteiger partial charge is 0.242 e. The molecular weight excluding hydrogens is 331 g/mol. The van der Waals surface area contributed by atoms with Crippen LogP contribution < -0.4 is 21.1 Å². The van der Waals surface area contributed by atoms with E-state index in [0.29, 0.717) is 5.11 Å². The van der Waals surface area contributed by atoms with Crippen molar-refractivity contribution in [2.24, 2.45) is 0 Å². The van der Waals surface area contributed by atoms with Crippen molar-refractivity contribution >= 4 is 23.2 Å². The molecule has 0 unspecified atom stereocenters. The lowest BCUT2D eigenvalue weighted by Crippen LogP contribution is -3.14. The van der Waals surface area contributed by atoms with Gasteiger partial charge in [0.05, 0.1) is 26.2 Å². The number of hydrogen-bond acceptors (Lipinski definition) is 3. The summed E-state index contributed by atoms with van der Waals surface area (Å²) in [5, 5.41) is 3.45. The number of carbonyl (C=O) groups excluding carboxylic acids is 1. The molecule has 1 aliphatic rings. The summed E-state index contributed by atoms with van der Waals surface area (Å²) in [7, 11) is 0. The summed E-state index contributed by atoms with van der Waals surface area (Å²) < 4.78 is 18.1. The van der Waals surface area contributed by atoms with Gasteiger partial charge in [-0.15, -0.1) is 0 Å². The number of halogens is 1. The predicted octanol–water partition coefficient (Wildman–Crippen LogP) is -0.831. The Morgan fingerprint density at radius 1 is 1.21 bits per heavy atom. The number of amides is 1. The molecule has 1 saturated heterocycles. The van der Waals surface area contributed by atoms with Gasteiger partial charge in [0.25, 0.3) is 0 Å². The fraction of sp³-hybridized carbons (Fsp3) is 0.500. The predicted molar refractivity (Wildman–Crippen MR) is 93.0 cm³/mol. The van der Waals surface area contributed by atoms with E-state index in [4.69, 9.17) is 17.0 Å². The minimum absolute atomic E-state index is 0.163. The Morgan fingerprint density at radius 3 is 2.62 bits per heavy atom. The Kier molecular flexibility index (Phi) is 7.87. The largest absolute Gasteiger partial charge is 0.370 e. The first-order valence-electron chi connectivity index (χ1n) is 8.12. The molecule has 6 nitrogen and oxygen atoms in total. The standard InChI is InChI=1S/C16H23FN4O2S/c17-14-4-2-13(3-5-14)12-15(22)19-20-16(24)18-6-1-7-21-8-10-23-11-9-21/h2-5H,1,6-12H2,(H,19,22)(H2,18,20,24)/p+1. The van der Waals surface area contributed by atoms with E-state index in [1.54, 1.807) is 17.0 Å². The lowest BCUT2D eigenvalue weighted by Gasteiger charge is -2.23. The average Bonchev–Trinajstić information content (AvgIpc) is 2.60. The number of nitrogens with one attached hydrogen (secondary N) is 4. The first kappa shape index (κ1) is 18.6. The first-order chi connectivity index (χ1) is 11.6. The van der Waals surface area contributed by atoms with Crippen molar-refractivity contribution in [1.29, 1.82) is 0 Å². The van der Waals surface area contributed by atoms with Gasteiger partial charge in [-0.2, -0.15) is 0 Å². The van der Waals surface area contributed by atoms with Crippen LogP contribution in [0.4, 0.5) is 4.39 Å². The van der Waals surface area contributed by atoms with Crippen molar-refractivity contribution in [2.75, 3.05) is 39.4 Å². The van der Waals surface area contributed by atoms with Crippen LogP contribution in [0, 0.1) is 5.82 Å². The number of morpholine rings is 1. The summed E-state index contributed by atoms with van der Waals surface area (Å²) in [4.78, 5) is 13.3. The second-order valence-corrected chi connectivity index (χ2v) is 6.11. The first-order valence-corrected chi connectivity index (χ1v) is 8.53. The van der Waals surface area contributed by atoms with Gasteiger partial charge >= 0.3 is 0 Å². The summed E-state index contributed by atoms with van der Waals surface area (Å²) >= 11 is 5.11. The van der Waals surface area contributed by atoms with Crippen molar-refractivity contribution in [3.63, 3.8) is 0 Å². The highest BCUT2D eigenvalue weighted by Crippen LogP contribution is 2.02. The van der Waals surface area contributed by atoms with Gasteiger partial charge in [0, 0.05) is 13.0 Å². The molecule has 1 aromatic carbocycles. The van der Waals surface area contributed by atoms with Crippen LogP contribution in [0.2, 0.25) is 0 Å². The molecule has 132 valence electrons. The van der Waals surface area contributed by atoms with E-state index < -0.39 is 0 Å². The Morgan fingerprint density at radius 2 is 1.92 bits per heavy atom.